The highest BCUT2D eigenvalue weighted by Crippen LogP contribution is 2.27. The lowest BCUT2D eigenvalue weighted by Gasteiger charge is -2.15. The molecule has 2 N–H and O–H groups in total. The fourth-order valence-corrected chi connectivity index (χ4v) is 2.15. The summed E-state index contributed by atoms with van der Waals surface area (Å²) in [5.74, 6) is 1.26. The maximum atomic E-state index is 5.79. The lowest BCUT2D eigenvalue weighted by molar-refractivity contribution is 0.396. The van der Waals surface area contributed by atoms with Crippen LogP contribution in [0.15, 0.2) is 30.5 Å². The van der Waals surface area contributed by atoms with Crippen molar-refractivity contribution in [1.29, 1.82) is 0 Å². The van der Waals surface area contributed by atoms with Crippen LogP contribution in [-0.4, -0.2) is 17.1 Å². The van der Waals surface area contributed by atoms with Gasteiger partial charge in [-0.15, -0.1) is 0 Å². The van der Waals surface area contributed by atoms with E-state index in [-0.39, 0.29) is 0 Å². The molecule has 5 heteroatoms. The average molecular weight is 242 g/mol. The van der Waals surface area contributed by atoms with Crippen molar-refractivity contribution in [3.8, 4) is 5.88 Å². The van der Waals surface area contributed by atoms with Crippen LogP contribution < -0.4 is 15.4 Å². The fraction of sp³-hybridized carbons (Fsp3) is 0.231. The number of benzene rings is 1. The highest BCUT2D eigenvalue weighted by molar-refractivity contribution is 5.51. The topological polar surface area (TPSA) is 64.3 Å². The van der Waals surface area contributed by atoms with Crippen LogP contribution in [0.2, 0.25) is 0 Å². The molecule has 1 aromatic heterocycles. The second-order valence-corrected chi connectivity index (χ2v) is 4.28. The molecule has 3 rings (SSSR count). The van der Waals surface area contributed by atoms with Gasteiger partial charge in [0, 0.05) is 31.0 Å². The summed E-state index contributed by atoms with van der Waals surface area (Å²) >= 11 is 0. The van der Waals surface area contributed by atoms with Gasteiger partial charge in [-0.1, -0.05) is 6.07 Å². The van der Waals surface area contributed by atoms with Gasteiger partial charge < -0.3 is 15.4 Å². The monoisotopic (exact) mass is 242 g/mol. The summed E-state index contributed by atoms with van der Waals surface area (Å²) in [6.45, 7) is 1.59. The third-order valence-electron chi connectivity index (χ3n) is 3.06. The van der Waals surface area contributed by atoms with Crippen LogP contribution in [0.4, 0.5) is 11.6 Å². The number of ether oxygens (including phenoxy) is 1. The first-order valence-corrected chi connectivity index (χ1v) is 5.75. The van der Waals surface area contributed by atoms with Crippen LogP contribution in [0.3, 0.4) is 0 Å². The smallest absolute Gasteiger partial charge is 0.229 e. The molecule has 18 heavy (non-hydrogen) atoms. The molecule has 1 aliphatic rings. The van der Waals surface area contributed by atoms with Crippen molar-refractivity contribution in [2.45, 2.75) is 13.1 Å². The van der Waals surface area contributed by atoms with Crippen LogP contribution in [-0.2, 0) is 13.1 Å². The van der Waals surface area contributed by atoms with E-state index in [0.29, 0.717) is 11.8 Å². The highest BCUT2D eigenvalue weighted by atomic mass is 16.5. The molecule has 0 fully saturated rings. The molecular formula is C13H14N4O. The average Bonchev–Trinajstić information content (AvgIpc) is 2.81. The van der Waals surface area contributed by atoms with Crippen molar-refractivity contribution >= 4 is 11.6 Å². The predicted molar refractivity (Wildman–Crippen MR) is 69.3 cm³/mol. The molecule has 5 nitrogen and oxygen atoms in total. The lowest BCUT2D eigenvalue weighted by atomic mass is 10.1. The SMILES string of the molecule is COc1ccnc(N2Cc3ccc(N)cc3C2)n1. The standard InChI is InChI=1S/C13H14N4O/c1-18-12-4-5-15-13(16-12)17-7-9-2-3-11(14)6-10(9)8-17/h2-6H,7-8,14H2,1H3. The highest BCUT2D eigenvalue weighted by Gasteiger charge is 2.21. The molecule has 1 aliphatic heterocycles. The third-order valence-corrected chi connectivity index (χ3v) is 3.06. The Bertz CT molecular complexity index is 585. The van der Waals surface area contributed by atoms with E-state index in [2.05, 4.69) is 20.9 Å². The molecule has 0 amide bonds. The number of methoxy groups -OCH3 is 1. The Labute approximate surface area is 105 Å². The molecule has 0 saturated heterocycles. The van der Waals surface area contributed by atoms with Crippen LogP contribution in [0.1, 0.15) is 11.1 Å². The zero-order valence-corrected chi connectivity index (χ0v) is 10.1. The number of nitrogens with zero attached hydrogens (tertiary/aromatic N) is 3. The molecule has 0 radical (unpaired) electrons. The van der Waals surface area contributed by atoms with Gasteiger partial charge >= 0.3 is 0 Å². The first-order chi connectivity index (χ1) is 8.76. The minimum absolute atomic E-state index is 0.579. The largest absolute Gasteiger partial charge is 0.481 e. The zero-order valence-electron chi connectivity index (χ0n) is 10.1. The second kappa shape index (κ2) is 4.18. The summed E-state index contributed by atoms with van der Waals surface area (Å²) in [5.41, 5.74) is 9.10. The normalized spacial score (nSPS) is 13.5. The van der Waals surface area contributed by atoms with Crippen molar-refractivity contribution in [2.75, 3.05) is 17.7 Å². The van der Waals surface area contributed by atoms with Crippen LogP contribution in [0.25, 0.3) is 0 Å². The Morgan fingerprint density at radius 3 is 2.89 bits per heavy atom. The van der Waals surface area contributed by atoms with E-state index in [1.165, 1.54) is 11.1 Å². The zero-order chi connectivity index (χ0) is 12.5. The van der Waals surface area contributed by atoms with Gasteiger partial charge in [0.2, 0.25) is 11.8 Å². The van der Waals surface area contributed by atoms with Crippen molar-refractivity contribution in [1.82, 2.24) is 9.97 Å². The van der Waals surface area contributed by atoms with E-state index in [4.69, 9.17) is 10.5 Å². The maximum absolute atomic E-state index is 5.79. The Balaban J connectivity index is 1.88. The fourth-order valence-electron chi connectivity index (χ4n) is 2.15. The van der Waals surface area contributed by atoms with Gasteiger partial charge in [-0.05, 0) is 23.3 Å². The van der Waals surface area contributed by atoms with E-state index >= 15 is 0 Å². The molecule has 0 spiro atoms. The van der Waals surface area contributed by atoms with E-state index in [9.17, 15) is 0 Å². The number of rotatable bonds is 2. The lowest BCUT2D eigenvalue weighted by Crippen LogP contribution is -2.17. The van der Waals surface area contributed by atoms with Gasteiger partial charge in [0.15, 0.2) is 0 Å². The summed E-state index contributed by atoms with van der Waals surface area (Å²) in [7, 11) is 1.60. The van der Waals surface area contributed by atoms with Crippen molar-refractivity contribution in [2.24, 2.45) is 0 Å². The van der Waals surface area contributed by atoms with Gasteiger partial charge in [-0.3, -0.25) is 0 Å². The van der Waals surface area contributed by atoms with Crippen molar-refractivity contribution in [3.05, 3.63) is 41.6 Å². The molecule has 0 aliphatic carbocycles. The van der Waals surface area contributed by atoms with Gasteiger partial charge in [-0.2, -0.15) is 4.98 Å². The van der Waals surface area contributed by atoms with Gasteiger partial charge in [-0.25, -0.2) is 4.98 Å². The predicted octanol–water partition coefficient (Wildman–Crippen LogP) is 1.59. The number of hydrogen-bond donors (Lipinski definition) is 1. The van der Waals surface area contributed by atoms with Gasteiger partial charge in [0.25, 0.3) is 0 Å². The summed E-state index contributed by atoms with van der Waals surface area (Å²) in [5, 5.41) is 0. The van der Waals surface area contributed by atoms with Crippen LogP contribution in [0, 0.1) is 0 Å². The molecule has 0 bridgehead atoms. The molecule has 0 saturated carbocycles. The summed E-state index contributed by atoms with van der Waals surface area (Å²) < 4.78 is 5.11. The quantitative estimate of drug-likeness (QED) is 0.810. The number of nitrogens with two attached hydrogens (primary N) is 1. The third kappa shape index (κ3) is 1.84. The molecule has 1 aromatic carbocycles. The molecular weight excluding hydrogens is 228 g/mol. The number of aromatic nitrogens is 2. The Kier molecular flexibility index (Phi) is 2.51. The Morgan fingerprint density at radius 1 is 1.22 bits per heavy atom. The molecule has 0 unspecified atom stereocenters. The molecule has 2 heterocycles. The Morgan fingerprint density at radius 2 is 2.06 bits per heavy atom. The summed E-state index contributed by atoms with van der Waals surface area (Å²) in [6.07, 6.45) is 1.71. The number of nitrogen functional groups attached to an aromatic ring is 1. The maximum Gasteiger partial charge on any atom is 0.229 e. The molecule has 92 valence electrons. The summed E-state index contributed by atoms with van der Waals surface area (Å²) in [6, 6.07) is 7.74. The van der Waals surface area contributed by atoms with Crippen LogP contribution >= 0.6 is 0 Å². The number of anilines is 2. The van der Waals surface area contributed by atoms with E-state index < -0.39 is 0 Å². The summed E-state index contributed by atoms with van der Waals surface area (Å²) in [4.78, 5) is 10.7. The second-order valence-electron chi connectivity index (χ2n) is 4.28. The van der Waals surface area contributed by atoms with Crippen molar-refractivity contribution in [3.63, 3.8) is 0 Å². The van der Waals surface area contributed by atoms with Crippen LogP contribution in [0.5, 0.6) is 5.88 Å². The van der Waals surface area contributed by atoms with E-state index in [1.807, 2.05) is 12.1 Å². The van der Waals surface area contributed by atoms with E-state index in [1.54, 1.807) is 19.4 Å². The number of fused-ring (bicyclic) bond motifs is 1. The first-order valence-electron chi connectivity index (χ1n) is 5.75. The minimum Gasteiger partial charge on any atom is -0.481 e. The Hall–Kier alpha value is -2.30. The van der Waals surface area contributed by atoms with Gasteiger partial charge in [0.1, 0.15) is 0 Å². The van der Waals surface area contributed by atoms with Gasteiger partial charge in [0.05, 0.1) is 7.11 Å². The molecule has 2 aromatic rings. The first kappa shape index (κ1) is 10.8. The van der Waals surface area contributed by atoms with Crippen molar-refractivity contribution < 1.29 is 4.74 Å². The molecule has 0 atom stereocenters. The van der Waals surface area contributed by atoms with E-state index in [0.717, 1.165) is 18.8 Å². The minimum atomic E-state index is 0.579. The number of hydrogen-bond acceptors (Lipinski definition) is 5.